The van der Waals surface area contributed by atoms with Gasteiger partial charge in [0, 0.05) is 38.0 Å². The van der Waals surface area contributed by atoms with Crippen molar-refractivity contribution in [1.82, 2.24) is 5.32 Å². The van der Waals surface area contributed by atoms with Gasteiger partial charge in [0.05, 0.1) is 6.10 Å². The monoisotopic (exact) mass is 413 g/mol. The first-order valence-corrected chi connectivity index (χ1v) is 9.67. The Morgan fingerprint density at radius 3 is 2.67 bits per heavy atom. The van der Waals surface area contributed by atoms with E-state index < -0.39 is 23.7 Å². The highest BCUT2D eigenvalue weighted by Gasteiger charge is 2.24. The molecule has 1 aliphatic rings. The van der Waals surface area contributed by atoms with Crippen molar-refractivity contribution in [1.29, 1.82) is 0 Å². The van der Waals surface area contributed by atoms with E-state index in [1.807, 2.05) is 6.92 Å². The van der Waals surface area contributed by atoms with E-state index in [4.69, 9.17) is 4.74 Å². The zero-order valence-electron chi connectivity index (χ0n) is 16.9. The summed E-state index contributed by atoms with van der Waals surface area (Å²) in [4.78, 5) is 38.2. The number of rotatable bonds is 6. The fourth-order valence-corrected chi connectivity index (χ4v) is 3.38. The second-order valence-corrected chi connectivity index (χ2v) is 7.09. The molecule has 2 aromatic rings. The molecule has 0 radical (unpaired) electrons. The van der Waals surface area contributed by atoms with Gasteiger partial charge in [0.1, 0.15) is 5.82 Å². The number of aryl methyl sites for hydroxylation is 1. The molecule has 0 bridgehead atoms. The number of carbonyl (C=O) groups excluding carboxylic acids is 3. The smallest absolute Gasteiger partial charge is 0.313 e. The van der Waals surface area contributed by atoms with E-state index in [9.17, 15) is 18.8 Å². The molecule has 0 spiro atoms. The lowest BCUT2D eigenvalue weighted by Gasteiger charge is -2.19. The Morgan fingerprint density at radius 1 is 1.20 bits per heavy atom. The van der Waals surface area contributed by atoms with Gasteiger partial charge in [0.2, 0.25) is 5.91 Å². The van der Waals surface area contributed by atoms with Crippen LogP contribution in [0, 0.1) is 12.7 Å². The molecule has 7 nitrogen and oxygen atoms in total. The van der Waals surface area contributed by atoms with Gasteiger partial charge >= 0.3 is 11.8 Å². The summed E-state index contributed by atoms with van der Waals surface area (Å²) in [7, 11) is 1.44. The maximum Gasteiger partial charge on any atom is 0.313 e. The van der Waals surface area contributed by atoms with Gasteiger partial charge in [-0.25, -0.2) is 4.39 Å². The summed E-state index contributed by atoms with van der Waals surface area (Å²) in [5.74, 6) is -2.05. The Morgan fingerprint density at radius 2 is 2.00 bits per heavy atom. The lowest BCUT2D eigenvalue weighted by atomic mass is 10.1. The first-order valence-electron chi connectivity index (χ1n) is 9.67. The van der Waals surface area contributed by atoms with E-state index >= 15 is 0 Å². The maximum absolute atomic E-state index is 13.4. The normalized spacial score (nSPS) is 14.5. The van der Waals surface area contributed by atoms with Crippen LogP contribution in [-0.2, 0) is 19.1 Å². The fraction of sp³-hybridized carbons (Fsp3) is 0.318. The highest BCUT2D eigenvalue weighted by molar-refractivity contribution is 6.39. The number of ether oxygens (including phenoxy) is 1. The Bertz CT molecular complexity index is 963. The molecule has 3 rings (SSSR count). The van der Waals surface area contributed by atoms with Crippen molar-refractivity contribution >= 4 is 29.1 Å². The van der Waals surface area contributed by atoms with Crippen LogP contribution in [-0.4, -0.2) is 37.9 Å². The second-order valence-electron chi connectivity index (χ2n) is 7.09. The summed E-state index contributed by atoms with van der Waals surface area (Å²) < 4.78 is 18.7. The number of amides is 3. The van der Waals surface area contributed by atoms with Gasteiger partial charge < -0.3 is 20.3 Å². The molecule has 0 saturated carbocycles. The first kappa shape index (κ1) is 21.4. The Kier molecular flexibility index (Phi) is 6.79. The van der Waals surface area contributed by atoms with Gasteiger partial charge in [-0.1, -0.05) is 18.2 Å². The van der Waals surface area contributed by atoms with Crippen LogP contribution in [0.15, 0.2) is 42.5 Å². The van der Waals surface area contributed by atoms with Crippen LogP contribution in [0.4, 0.5) is 15.8 Å². The van der Waals surface area contributed by atoms with Crippen LogP contribution in [0.3, 0.4) is 0 Å². The quantitative estimate of drug-likeness (QED) is 0.713. The highest BCUT2D eigenvalue weighted by atomic mass is 19.1. The van der Waals surface area contributed by atoms with Crippen LogP contribution in [0.1, 0.15) is 30.1 Å². The third-order valence-corrected chi connectivity index (χ3v) is 4.99. The molecule has 2 aromatic carbocycles. The standard InChI is InChI=1S/C22H24FN3O4/c1-14-8-9-17(12-18(14)26-10-4-7-20(26)27)25-22(29)21(28)24-13-19(30-2)15-5-3-6-16(23)11-15/h3,5-6,8-9,11-12,19H,4,7,10,13H2,1-2H3,(H,24,28)(H,25,29). The van der Waals surface area contributed by atoms with E-state index in [2.05, 4.69) is 10.6 Å². The number of halogens is 1. The number of nitrogens with one attached hydrogen (secondary N) is 2. The van der Waals surface area contributed by atoms with Crippen molar-refractivity contribution in [2.24, 2.45) is 0 Å². The number of benzene rings is 2. The van der Waals surface area contributed by atoms with Gasteiger partial charge in [-0.3, -0.25) is 14.4 Å². The third-order valence-electron chi connectivity index (χ3n) is 4.99. The van der Waals surface area contributed by atoms with Crippen molar-refractivity contribution in [3.63, 3.8) is 0 Å². The van der Waals surface area contributed by atoms with Crippen molar-refractivity contribution in [3.8, 4) is 0 Å². The number of nitrogens with zero attached hydrogens (tertiary/aromatic N) is 1. The summed E-state index contributed by atoms with van der Waals surface area (Å²) in [5, 5.41) is 5.05. The molecule has 8 heteroatoms. The summed E-state index contributed by atoms with van der Waals surface area (Å²) in [6, 6.07) is 11.0. The third kappa shape index (κ3) is 5.01. The van der Waals surface area contributed by atoms with E-state index in [0.29, 0.717) is 24.2 Å². The molecule has 1 fully saturated rings. The largest absolute Gasteiger partial charge is 0.375 e. The van der Waals surface area contributed by atoms with Crippen molar-refractivity contribution in [2.45, 2.75) is 25.9 Å². The molecular weight excluding hydrogens is 389 g/mol. The average molecular weight is 413 g/mol. The lowest BCUT2D eigenvalue weighted by Crippen LogP contribution is -2.38. The minimum absolute atomic E-state index is 0.00757. The van der Waals surface area contributed by atoms with Crippen molar-refractivity contribution in [2.75, 3.05) is 30.4 Å². The molecule has 2 N–H and O–H groups in total. The van der Waals surface area contributed by atoms with Gasteiger partial charge in [-0.2, -0.15) is 0 Å². The van der Waals surface area contributed by atoms with E-state index in [1.54, 1.807) is 35.2 Å². The lowest BCUT2D eigenvalue weighted by molar-refractivity contribution is -0.136. The number of hydrogen-bond acceptors (Lipinski definition) is 4. The van der Waals surface area contributed by atoms with Gasteiger partial charge in [-0.15, -0.1) is 0 Å². The van der Waals surface area contributed by atoms with Crippen molar-refractivity contribution in [3.05, 3.63) is 59.4 Å². The fourth-order valence-electron chi connectivity index (χ4n) is 3.38. The Labute approximate surface area is 174 Å². The minimum Gasteiger partial charge on any atom is -0.375 e. The number of hydrogen-bond donors (Lipinski definition) is 2. The molecule has 3 amide bonds. The van der Waals surface area contributed by atoms with E-state index in [0.717, 1.165) is 17.7 Å². The molecule has 1 aliphatic heterocycles. The summed E-state index contributed by atoms with van der Waals surface area (Å²) in [6.07, 6.45) is 0.706. The highest BCUT2D eigenvalue weighted by Crippen LogP contribution is 2.28. The zero-order valence-corrected chi connectivity index (χ0v) is 16.9. The van der Waals surface area contributed by atoms with E-state index in [-0.39, 0.29) is 12.5 Å². The molecule has 30 heavy (non-hydrogen) atoms. The number of carbonyl (C=O) groups is 3. The minimum atomic E-state index is -0.841. The molecule has 1 atom stereocenters. The van der Waals surface area contributed by atoms with Crippen LogP contribution in [0.5, 0.6) is 0 Å². The summed E-state index contributed by atoms with van der Waals surface area (Å²) in [6.45, 7) is 2.53. The Balaban J connectivity index is 1.61. The number of anilines is 2. The van der Waals surface area contributed by atoms with Gasteiger partial charge in [0.25, 0.3) is 0 Å². The first-order chi connectivity index (χ1) is 14.4. The molecular formula is C22H24FN3O4. The van der Waals surface area contributed by atoms with Gasteiger partial charge in [-0.05, 0) is 48.7 Å². The summed E-state index contributed by atoms with van der Waals surface area (Å²) in [5.41, 5.74) is 2.60. The second kappa shape index (κ2) is 9.49. The predicted molar refractivity (Wildman–Crippen MR) is 111 cm³/mol. The summed E-state index contributed by atoms with van der Waals surface area (Å²) >= 11 is 0. The molecule has 1 heterocycles. The average Bonchev–Trinajstić information content (AvgIpc) is 3.15. The maximum atomic E-state index is 13.4. The molecule has 1 unspecified atom stereocenters. The van der Waals surface area contributed by atoms with Crippen LogP contribution >= 0.6 is 0 Å². The predicted octanol–water partition coefficient (Wildman–Crippen LogP) is 2.70. The molecule has 1 saturated heterocycles. The SMILES string of the molecule is COC(CNC(=O)C(=O)Nc1ccc(C)c(N2CCCC2=O)c1)c1cccc(F)c1. The van der Waals surface area contributed by atoms with Crippen LogP contribution in [0.25, 0.3) is 0 Å². The number of methoxy groups -OCH3 is 1. The van der Waals surface area contributed by atoms with Gasteiger partial charge in [0.15, 0.2) is 0 Å². The zero-order chi connectivity index (χ0) is 21.7. The molecule has 158 valence electrons. The van der Waals surface area contributed by atoms with E-state index in [1.165, 1.54) is 19.2 Å². The molecule has 0 aromatic heterocycles. The van der Waals surface area contributed by atoms with Crippen LogP contribution in [0.2, 0.25) is 0 Å². The van der Waals surface area contributed by atoms with Crippen LogP contribution < -0.4 is 15.5 Å². The Hall–Kier alpha value is -3.26. The van der Waals surface area contributed by atoms with Crippen molar-refractivity contribution < 1.29 is 23.5 Å². The topological polar surface area (TPSA) is 87.7 Å². The molecule has 0 aliphatic carbocycles.